The summed E-state index contributed by atoms with van der Waals surface area (Å²) in [6, 6.07) is 8.28. The largest absolute Gasteiger partial charge is 0.493 e. The van der Waals surface area contributed by atoms with E-state index in [4.69, 9.17) is 9.47 Å². The van der Waals surface area contributed by atoms with Crippen molar-refractivity contribution >= 4 is 0 Å². The first-order valence-corrected chi connectivity index (χ1v) is 6.31. The fraction of sp³-hybridized carbons (Fsp3) is 0.571. The van der Waals surface area contributed by atoms with Gasteiger partial charge >= 0.3 is 0 Å². The Bertz CT molecular complexity index is 352. The molecule has 0 spiro atoms. The van der Waals surface area contributed by atoms with Crippen LogP contribution in [0.5, 0.6) is 5.75 Å². The third-order valence-electron chi connectivity index (χ3n) is 2.92. The number of para-hydroxylation sites is 1. The lowest BCUT2D eigenvalue weighted by Gasteiger charge is -2.11. The minimum atomic E-state index is 0.312. The van der Waals surface area contributed by atoms with Crippen LogP contribution in [0.4, 0.5) is 0 Å². The Morgan fingerprint density at radius 1 is 1.41 bits per heavy atom. The SMILES string of the molecule is CC(C)OCCNCC1COc2ccccc21. The Hall–Kier alpha value is -1.06. The zero-order chi connectivity index (χ0) is 12.1. The fourth-order valence-electron chi connectivity index (χ4n) is 2.04. The highest BCUT2D eigenvalue weighted by atomic mass is 16.5. The molecule has 2 rings (SSSR count). The van der Waals surface area contributed by atoms with Crippen LogP contribution in [-0.2, 0) is 4.74 Å². The topological polar surface area (TPSA) is 30.5 Å². The molecule has 1 aliphatic heterocycles. The van der Waals surface area contributed by atoms with Gasteiger partial charge in [0.05, 0.1) is 19.3 Å². The summed E-state index contributed by atoms with van der Waals surface area (Å²) in [6.07, 6.45) is 0.312. The summed E-state index contributed by atoms with van der Waals surface area (Å²) in [5, 5.41) is 3.42. The van der Waals surface area contributed by atoms with E-state index in [1.54, 1.807) is 0 Å². The third kappa shape index (κ3) is 3.45. The van der Waals surface area contributed by atoms with Gasteiger partial charge < -0.3 is 14.8 Å². The van der Waals surface area contributed by atoms with Gasteiger partial charge in [-0.05, 0) is 19.9 Å². The summed E-state index contributed by atoms with van der Waals surface area (Å²) in [5.41, 5.74) is 1.32. The summed E-state index contributed by atoms with van der Waals surface area (Å²) < 4.78 is 11.1. The van der Waals surface area contributed by atoms with Gasteiger partial charge in [0.2, 0.25) is 0 Å². The molecule has 1 aromatic rings. The van der Waals surface area contributed by atoms with Crippen molar-refractivity contribution in [3.63, 3.8) is 0 Å². The lowest BCUT2D eigenvalue weighted by molar-refractivity contribution is 0.0806. The second-order valence-corrected chi connectivity index (χ2v) is 4.67. The van der Waals surface area contributed by atoms with Gasteiger partial charge in [0.1, 0.15) is 5.75 Å². The number of hydrogen-bond acceptors (Lipinski definition) is 3. The van der Waals surface area contributed by atoms with Gasteiger partial charge in [-0.2, -0.15) is 0 Å². The molecule has 94 valence electrons. The molecule has 17 heavy (non-hydrogen) atoms. The van der Waals surface area contributed by atoms with Gasteiger partial charge in [-0.15, -0.1) is 0 Å². The molecule has 0 aromatic heterocycles. The van der Waals surface area contributed by atoms with Crippen LogP contribution in [0.15, 0.2) is 24.3 Å². The van der Waals surface area contributed by atoms with Crippen molar-refractivity contribution in [3.8, 4) is 5.75 Å². The maximum atomic E-state index is 5.64. The van der Waals surface area contributed by atoms with Gasteiger partial charge in [0.25, 0.3) is 0 Å². The summed E-state index contributed by atoms with van der Waals surface area (Å²) in [5.74, 6) is 1.52. The van der Waals surface area contributed by atoms with E-state index in [0.29, 0.717) is 12.0 Å². The number of ether oxygens (including phenoxy) is 2. The van der Waals surface area contributed by atoms with Gasteiger partial charge in [-0.1, -0.05) is 18.2 Å². The summed E-state index contributed by atoms with van der Waals surface area (Å²) in [6.45, 7) is 7.53. The molecule has 1 unspecified atom stereocenters. The van der Waals surface area contributed by atoms with E-state index in [9.17, 15) is 0 Å². The molecule has 0 bridgehead atoms. The van der Waals surface area contributed by atoms with E-state index < -0.39 is 0 Å². The van der Waals surface area contributed by atoms with E-state index in [1.807, 2.05) is 12.1 Å². The molecular weight excluding hydrogens is 214 g/mol. The van der Waals surface area contributed by atoms with Crippen LogP contribution in [-0.4, -0.2) is 32.4 Å². The van der Waals surface area contributed by atoms with Crippen molar-refractivity contribution in [2.45, 2.75) is 25.9 Å². The number of nitrogens with one attached hydrogen (secondary N) is 1. The van der Waals surface area contributed by atoms with Crippen LogP contribution in [0.2, 0.25) is 0 Å². The van der Waals surface area contributed by atoms with E-state index in [0.717, 1.165) is 32.1 Å². The van der Waals surface area contributed by atoms with Crippen molar-refractivity contribution in [2.75, 3.05) is 26.3 Å². The Balaban J connectivity index is 1.71. The van der Waals surface area contributed by atoms with Gasteiger partial charge in [0, 0.05) is 24.6 Å². The molecule has 0 fully saturated rings. The van der Waals surface area contributed by atoms with Crippen LogP contribution in [0.25, 0.3) is 0 Å². The molecule has 1 atom stereocenters. The standard InChI is InChI=1S/C14H21NO2/c1-11(2)16-8-7-15-9-12-10-17-14-6-4-3-5-13(12)14/h3-6,11-12,15H,7-10H2,1-2H3. The van der Waals surface area contributed by atoms with Crippen molar-refractivity contribution in [1.82, 2.24) is 5.32 Å². The molecule has 1 N–H and O–H groups in total. The Morgan fingerprint density at radius 3 is 3.06 bits per heavy atom. The lowest BCUT2D eigenvalue weighted by atomic mass is 10.0. The van der Waals surface area contributed by atoms with Crippen molar-refractivity contribution in [3.05, 3.63) is 29.8 Å². The molecule has 0 amide bonds. The van der Waals surface area contributed by atoms with Crippen LogP contribution < -0.4 is 10.1 Å². The first-order chi connectivity index (χ1) is 8.27. The molecule has 1 heterocycles. The fourth-order valence-corrected chi connectivity index (χ4v) is 2.04. The Labute approximate surface area is 103 Å². The summed E-state index contributed by atoms with van der Waals surface area (Å²) in [7, 11) is 0. The monoisotopic (exact) mass is 235 g/mol. The molecule has 0 saturated carbocycles. The van der Waals surface area contributed by atoms with Crippen LogP contribution in [0.1, 0.15) is 25.3 Å². The van der Waals surface area contributed by atoms with Crippen LogP contribution >= 0.6 is 0 Å². The molecule has 0 aliphatic carbocycles. The lowest BCUT2D eigenvalue weighted by Crippen LogP contribution is -2.26. The number of rotatable bonds is 6. The zero-order valence-corrected chi connectivity index (χ0v) is 10.6. The minimum absolute atomic E-state index is 0.312. The van der Waals surface area contributed by atoms with E-state index in [-0.39, 0.29) is 0 Å². The zero-order valence-electron chi connectivity index (χ0n) is 10.6. The molecule has 0 saturated heterocycles. The van der Waals surface area contributed by atoms with Gasteiger partial charge in [0.15, 0.2) is 0 Å². The minimum Gasteiger partial charge on any atom is -0.493 e. The van der Waals surface area contributed by atoms with E-state index in [2.05, 4.69) is 31.3 Å². The molecule has 1 aliphatic rings. The van der Waals surface area contributed by atoms with Gasteiger partial charge in [-0.25, -0.2) is 0 Å². The quantitative estimate of drug-likeness (QED) is 0.767. The van der Waals surface area contributed by atoms with Crippen LogP contribution in [0.3, 0.4) is 0 Å². The average Bonchev–Trinajstić information content (AvgIpc) is 2.72. The third-order valence-corrected chi connectivity index (χ3v) is 2.92. The highest BCUT2D eigenvalue weighted by molar-refractivity contribution is 5.39. The van der Waals surface area contributed by atoms with Crippen molar-refractivity contribution < 1.29 is 9.47 Å². The Morgan fingerprint density at radius 2 is 2.24 bits per heavy atom. The first-order valence-electron chi connectivity index (χ1n) is 6.31. The molecule has 3 nitrogen and oxygen atoms in total. The van der Waals surface area contributed by atoms with Crippen LogP contribution in [0, 0.1) is 0 Å². The molecule has 1 aromatic carbocycles. The second-order valence-electron chi connectivity index (χ2n) is 4.67. The van der Waals surface area contributed by atoms with E-state index in [1.165, 1.54) is 5.56 Å². The number of hydrogen-bond donors (Lipinski definition) is 1. The normalized spacial score (nSPS) is 18.2. The smallest absolute Gasteiger partial charge is 0.122 e. The predicted octanol–water partition coefficient (Wildman–Crippen LogP) is 2.18. The van der Waals surface area contributed by atoms with Gasteiger partial charge in [-0.3, -0.25) is 0 Å². The Kier molecular flexibility index (Phi) is 4.40. The maximum Gasteiger partial charge on any atom is 0.122 e. The molecular formula is C14H21NO2. The first kappa shape index (κ1) is 12.4. The van der Waals surface area contributed by atoms with E-state index >= 15 is 0 Å². The molecule has 3 heteroatoms. The summed E-state index contributed by atoms with van der Waals surface area (Å²) in [4.78, 5) is 0. The molecule has 0 radical (unpaired) electrons. The predicted molar refractivity (Wildman–Crippen MR) is 68.6 cm³/mol. The average molecular weight is 235 g/mol. The summed E-state index contributed by atoms with van der Waals surface area (Å²) >= 11 is 0. The van der Waals surface area contributed by atoms with Crippen molar-refractivity contribution in [1.29, 1.82) is 0 Å². The maximum absolute atomic E-state index is 5.64. The highest BCUT2D eigenvalue weighted by Gasteiger charge is 2.22. The van der Waals surface area contributed by atoms with Crippen molar-refractivity contribution in [2.24, 2.45) is 0 Å². The number of benzene rings is 1. The second kappa shape index (κ2) is 6.03. The highest BCUT2D eigenvalue weighted by Crippen LogP contribution is 2.32. The number of fused-ring (bicyclic) bond motifs is 1.